The summed E-state index contributed by atoms with van der Waals surface area (Å²) in [6.45, 7) is 0. The molecule has 1 saturated carbocycles. The Morgan fingerprint density at radius 3 is 2.35 bits per heavy atom. The quantitative estimate of drug-likeness (QED) is 0.748. The fraction of sp³-hybridized carbons (Fsp3) is 0.385. The summed E-state index contributed by atoms with van der Waals surface area (Å²) in [5.74, 6) is -0.416. The zero-order valence-corrected chi connectivity index (χ0v) is 9.30. The van der Waals surface area contributed by atoms with Gasteiger partial charge in [-0.15, -0.1) is 0 Å². The fourth-order valence-corrected chi connectivity index (χ4v) is 2.88. The lowest BCUT2D eigenvalue weighted by Gasteiger charge is -2.15. The SMILES string of the molecule is O=C1C2CCCC2C(=O)N1c1cccc(O)c1. The van der Waals surface area contributed by atoms with Crippen molar-refractivity contribution in [2.45, 2.75) is 19.3 Å². The third-order valence-corrected chi connectivity index (χ3v) is 3.68. The minimum atomic E-state index is -0.134. The van der Waals surface area contributed by atoms with Gasteiger partial charge in [-0.25, -0.2) is 4.90 Å². The number of phenolic OH excluding ortho intramolecular Hbond substituents is 1. The minimum absolute atomic E-state index is 0.0696. The van der Waals surface area contributed by atoms with Crippen LogP contribution >= 0.6 is 0 Å². The molecular formula is C13H13NO3. The van der Waals surface area contributed by atoms with E-state index >= 15 is 0 Å². The van der Waals surface area contributed by atoms with Gasteiger partial charge in [0, 0.05) is 6.07 Å². The first kappa shape index (κ1) is 10.3. The van der Waals surface area contributed by atoms with E-state index in [1.807, 2.05) is 0 Å². The number of hydrogen-bond acceptors (Lipinski definition) is 3. The second-order valence-electron chi connectivity index (χ2n) is 4.68. The van der Waals surface area contributed by atoms with Gasteiger partial charge in [-0.2, -0.15) is 0 Å². The van der Waals surface area contributed by atoms with Crippen molar-refractivity contribution in [1.29, 1.82) is 0 Å². The van der Waals surface area contributed by atoms with E-state index in [0.717, 1.165) is 19.3 Å². The molecule has 88 valence electrons. The van der Waals surface area contributed by atoms with Crippen molar-refractivity contribution in [2.75, 3.05) is 4.90 Å². The molecule has 17 heavy (non-hydrogen) atoms. The normalized spacial score (nSPS) is 27.6. The molecule has 1 saturated heterocycles. The monoisotopic (exact) mass is 231 g/mol. The molecule has 2 amide bonds. The molecule has 2 fully saturated rings. The van der Waals surface area contributed by atoms with Crippen LogP contribution in [-0.2, 0) is 9.59 Å². The molecule has 4 heteroatoms. The number of carbonyl (C=O) groups excluding carboxylic acids is 2. The zero-order chi connectivity index (χ0) is 12.0. The Hall–Kier alpha value is -1.84. The summed E-state index contributed by atoms with van der Waals surface area (Å²) >= 11 is 0. The number of nitrogens with zero attached hydrogens (tertiary/aromatic N) is 1. The van der Waals surface area contributed by atoms with E-state index in [4.69, 9.17) is 0 Å². The highest BCUT2D eigenvalue weighted by Gasteiger charge is 2.50. The standard InChI is InChI=1S/C13H13NO3/c15-9-4-1-3-8(7-9)14-12(16)10-5-2-6-11(10)13(14)17/h1,3-4,7,10-11,15H,2,5-6H2. The van der Waals surface area contributed by atoms with Crippen LogP contribution < -0.4 is 4.90 Å². The average Bonchev–Trinajstić information content (AvgIpc) is 2.84. The van der Waals surface area contributed by atoms with Crippen molar-refractivity contribution in [2.24, 2.45) is 11.8 Å². The highest BCUT2D eigenvalue weighted by molar-refractivity contribution is 6.22. The molecule has 0 bridgehead atoms. The zero-order valence-electron chi connectivity index (χ0n) is 9.30. The Bertz CT molecular complexity index is 475. The van der Waals surface area contributed by atoms with Crippen LogP contribution in [0.4, 0.5) is 5.69 Å². The van der Waals surface area contributed by atoms with Gasteiger partial charge in [0.2, 0.25) is 11.8 Å². The van der Waals surface area contributed by atoms with Gasteiger partial charge in [-0.1, -0.05) is 12.5 Å². The lowest BCUT2D eigenvalue weighted by atomic mass is 10.00. The fourth-order valence-electron chi connectivity index (χ4n) is 2.88. The molecule has 1 aliphatic carbocycles. The Morgan fingerprint density at radius 1 is 1.12 bits per heavy atom. The van der Waals surface area contributed by atoms with Gasteiger partial charge in [-0.3, -0.25) is 9.59 Å². The second kappa shape index (κ2) is 3.58. The Kier molecular flexibility index (Phi) is 2.18. The van der Waals surface area contributed by atoms with Crippen molar-refractivity contribution < 1.29 is 14.7 Å². The number of amides is 2. The van der Waals surface area contributed by atoms with Crippen LogP contribution in [0.5, 0.6) is 5.75 Å². The predicted octanol–water partition coefficient (Wildman–Crippen LogP) is 1.68. The molecule has 1 aromatic rings. The van der Waals surface area contributed by atoms with Gasteiger partial charge in [-0.05, 0) is 25.0 Å². The van der Waals surface area contributed by atoms with Gasteiger partial charge in [0.1, 0.15) is 5.75 Å². The van der Waals surface area contributed by atoms with E-state index in [1.54, 1.807) is 12.1 Å². The number of benzene rings is 1. The van der Waals surface area contributed by atoms with Crippen LogP contribution in [0.3, 0.4) is 0 Å². The number of imide groups is 1. The largest absolute Gasteiger partial charge is 0.508 e. The molecule has 2 atom stereocenters. The van der Waals surface area contributed by atoms with Crippen molar-refractivity contribution in [1.82, 2.24) is 0 Å². The summed E-state index contributed by atoms with van der Waals surface area (Å²) < 4.78 is 0. The van der Waals surface area contributed by atoms with Crippen LogP contribution in [0.2, 0.25) is 0 Å². The first-order chi connectivity index (χ1) is 8.18. The topological polar surface area (TPSA) is 57.6 Å². The van der Waals surface area contributed by atoms with E-state index < -0.39 is 0 Å². The second-order valence-corrected chi connectivity index (χ2v) is 4.68. The molecule has 2 unspecified atom stereocenters. The van der Waals surface area contributed by atoms with E-state index in [2.05, 4.69) is 0 Å². The van der Waals surface area contributed by atoms with Crippen LogP contribution in [0.25, 0.3) is 0 Å². The smallest absolute Gasteiger partial charge is 0.237 e. The number of hydrogen-bond donors (Lipinski definition) is 1. The van der Waals surface area contributed by atoms with Crippen LogP contribution in [0.15, 0.2) is 24.3 Å². The van der Waals surface area contributed by atoms with Crippen molar-refractivity contribution in [3.05, 3.63) is 24.3 Å². The minimum Gasteiger partial charge on any atom is -0.508 e. The Balaban J connectivity index is 1.99. The summed E-state index contributed by atoms with van der Waals surface area (Å²) in [5, 5.41) is 9.40. The van der Waals surface area contributed by atoms with Crippen LogP contribution in [0.1, 0.15) is 19.3 Å². The number of fused-ring (bicyclic) bond motifs is 1. The number of phenols is 1. The summed E-state index contributed by atoms with van der Waals surface area (Å²) in [6, 6.07) is 6.29. The van der Waals surface area contributed by atoms with E-state index in [-0.39, 0.29) is 29.4 Å². The van der Waals surface area contributed by atoms with E-state index in [0.29, 0.717) is 5.69 Å². The van der Waals surface area contributed by atoms with Crippen molar-refractivity contribution in [3.8, 4) is 5.75 Å². The van der Waals surface area contributed by atoms with Gasteiger partial charge in [0.05, 0.1) is 17.5 Å². The molecule has 4 nitrogen and oxygen atoms in total. The highest BCUT2D eigenvalue weighted by atomic mass is 16.3. The summed E-state index contributed by atoms with van der Waals surface area (Å²) in [6.07, 6.45) is 2.58. The summed E-state index contributed by atoms with van der Waals surface area (Å²) in [4.78, 5) is 25.5. The molecular weight excluding hydrogens is 218 g/mol. The molecule has 1 aliphatic heterocycles. The number of aromatic hydroxyl groups is 1. The lowest BCUT2D eigenvalue weighted by Crippen LogP contribution is -2.31. The van der Waals surface area contributed by atoms with Gasteiger partial charge in [0.25, 0.3) is 0 Å². The maximum absolute atomic E-state index is 12.1. The summed E-state index contributed by atoms with van der Waals surface area (Å²) in [5.41, 5.74) is 0.481. The Labute approximate surface area is 98.9 Å². The molecule has 2 aliphatic rings. The Morgan fingerprint density at radius 2 is 1.76 bits per heavy atom. The van der Waals surface area contributed by atoms with Gasteiger partial charge in [0.15, 0.2) is 0 Å². The van der Waals surface area contributed by atoms with E-state index in [9.17, 15) is 14.7 Å². The average molecular weight is 231 g/mol. The van der Waals surface area contributed by atoms with Gasteiger partial charge >= 0.3 is 0 Å². The third kappa shape index (κ3) is 1.44. The van der Waals surface area contributed by atoms with Crippen molar-refractivity contribution in [3.63, 3.8) is 0 Å². The third-order valence-electron chi connectivity index (χ3n) is 3.68. The maximum Gasteiger partial charge on any atom is 0.237 e. The van der Waals surface area contributed by atoms with Crippen LogP contribution in [0, 0.1) is 11.8 Å². The number of carbonyl (C=O) groups is 2. The molecule has 3 rings (SSSR count). The predicted molar refractivity (Wildman–Crippen MR) is 61.4 cm³/mol. The molecule has 0 aromatic heterocycles. The number of rotatable bonds is 1. The van der Waals surface area contributed by atoms with Crippen molar-refractivity contribution >= 4 is 17.5 Å². The first-order valence-corrected chi connectivity index (χ1v) is 5.85. The molecule has 1 aromatic carbocycles. The number of anilines is 1. The molecule has 0 radical (unpaired) electrons. The first-order valence-electron chi connectivity index (χ1n) is 5.85. The van der Waals surface area contributed by atoms with Crippen LogP contribution in [-0.4, -0.2) is 16.9 Å². The maximum atomic E-state index is 12.1. The lowest BCUT2D eigenvalue weighted by molar-refractivity contribution is -0.122. The molecule has 1 N–H and O–H groups in total. The van der Waals surface area contributed by atoms with Gasteiger partial charge < -0.3 is 5.11 Å². The molecule has 1 heterocycles. The summed E-state index contributed by atoms with van der Waals surface area (Å²) in [7, 11) is 0. The highest BCUT2D eigenvalue weighted by Crippen LogP contribution is 2.41. The molecule has 0 spiro atoms. The van der Waals surface area contributed by atoms with E-state index in [1.165, 1.54) is 17.0 Å².